The lowest BCUT2D eigenvalue weighted by Crippen LogP contribution is -2.29. The molecule has 1 heterocycles. The lowest BCUT2D eigenvalue weighted by molar-refractivity contribution is -0.136. The van der Waals surface area contributed by atoms with E-state index in [4.69, 9.17) is 5.11 Å². The Balaban J connectivity index is 1.74. The van der Waals surface area contributed by atoms with Gasteiger partial charge in [0.15, 0.2) is 0 Å². The van der Waals surface area contributed by atoms with Crippen LogP contribution in [0.4, 0.5) is 5.69 Å². The Labute approximate surface area is 111 Å². The van der Waals surface area contributed by atoms with Crippen LogP contribution < -0.4 is 10.6 Å². The van der Waals surface area contributed by atoms with Crippen LogP contribution in [0.1, 0.15) is 18.5 Å². The normalized spacial score (nSPS) is 14.1. The van der Waals surface area contributed by atoms with Gasteiger partial charge >= 0.3 is 5.97 Å². The van der Waals surface area contributed by atoms with Crippen LogP contribution in [0.3, 0.4) is 0 Å². The smallest absolute Gasteiger partial charge is 0.309 e. The predicted molar refractivity (Wildman–Crippen MR) is 69.8 cm³/mol. The monoisotopic (exact) mass is 263 g/mol. The fraction of sp³-hybridized carbons (Fsp3) is 0.462. The van der Waals surface area contributed by atoms with Gasteiger partial charge in [0.25, 0.3) is 0 Å². The van der Waals surface area contributed by atoms with Crippen LogP contribution in [0.15, 0.2) is 18.3 Å². The molecule has 0 radical (unpaired) electrons. The molecule has 1 amide bonds. The Morgan fingerprint density at radius 2 is 2.16 bits per heavy atom. The summed E-state index contributed by atoms with van der Waals surface area (Å²) in [5.41, 5.74) is 1.05. The zero-order chi connectivity index (χ0) is 13.7. The van der Waals surface area contributed by atoms with Gasteiger partial charge in [-0.3, -0.25) is 14.6 Å². The molecule has 102 valence electrons. The van der Waals surface area contributed by atoms with E-state index in [2.05, 4.69) is 15.6 Å². The van der Waals surface area contributed by atoms with Crippen LogP contribution in [0.5, 0.6) is 0 Å². The van der Waals surface area contributed by atoms with Gasteiger partial charge in [-0.25, -0.2) is 0 Å². The molecule has 0 aliphatic heterocycles. The third-order valence-electron chi connectivity index (χ3n) is 2.86. The standard InChI is InChI=1S/C13H17N3O3/c17-12(8-14-6-9-1-2-9)16-11-4-3-10(15-7-11)5-13(18)19/h3-4,7,9,14H,1-2,5-6,8H2,(H,16,17)(H,18,19). The van der Waals surface area contributed by atoms with Crippen molar-refractivity contribution in [3.8, 4) is 0 Å². The Hall–Kier alpha value is -1.95. The molecule has 3 N–H and O–H groups in total. The van der Waals surface area contributed by atoms with Crippen LogP contribution in [0, 0.1) is 5.92 Å². The second-order valence-corrected chi connectivity index (χ2v) is 4.73. The Kier molecular flexibility index (Phi) is 4.46. The molecule has 0 saturated heterocycles. The number of aliphatic carboxylic acids is 1. The average molecular weight is 263 g/mol. The first-order valence-electron chi connectivity index (χ1n) is 6.31. The molecule has 6 nitrogen and oxygen atoms in total. The van der Waals surface area contributed by atoms with Crippen LogP contribution in [-0.2, 0) is 16.0 Å². The summed E-state index contributed by atoms with van der Waals surface area (Å²) in [5.74, 6) is -0.299. The summed E-state index contributed by atoms with van der Waals surface area (Å²) >= 11 is 0. The molecule has 1 aliphatic carbocycles. The highest BCUT2D eigenvalue weighted by Crippen LogP contribution is 2.27. The summed E-state index contributed by atoms with van der Waals surface area (Å²) in [6.45, 7) is 1.18. The first-order chi connectivity index (χ1) is 9.13. The third-order valence-corrected chi connectivity index (χ3v) is 2.86. The number of hydrogen-bond acceptors (Lipinski definition) is 4. The van der Waals surface area contributed by atoms with Gasteiger partial charge in [0.05, 0.1) is 30.5 Å². The zero-order valence-electron chi connectivity index (χ0n) is 10.6. The molecule has 0 unspecified atom stereocenters. The van der Waals surface area contributed by atoms with Crippen molar-refractivity contribution in [2.75, 3.05) is 18.4 Å². The van der Waals surface area contributed by atoms with Gasteiger partial charge in [0.1, 0.15) is 0 Å². The molecule has 0 aromatic carbocycles. The number of aromatic nitrogens is 1. The van der Waals surface area contributed by atoms with Crippen molar-refractivity contribution in [3.05, 3.63) is 24.0 Å². The first-order valence-corrected chi connectivity index (χ1v) is 6.31. The van der Waals surface area contributed by atoms with Gasteiger partial charge < -0.3 is 15.7 Å². The summed E-state index contributed by atoms with van der Waals surface area (Å²) < 4.78 is 0. The summed E-state index contributed by atoms with van der Waals surface area (Å²) in [5, 5.41) is 14.4. The number of carbonyl (C=O) groups excluding carboxylic acids is 1. The number of carbonyl (C=O) groups is 2. The van der Waals surface area contributed by atoms with Crippen LogP contribution in [-0.4, -0.2) is 35.1 Å². The molecule has 1 aromatic heterocycles. The highest BCUT2D eigenvalue weighted by Gasteiger charge is 2.20. The number of anilines is 1. The molecular formula is C13H17N3O3. The third kappa shape index (κ3) is 5.05. The number of carboxylic acid groups (broad SMARTS) is 1. The molecule has 2 rings (SSSR count). The Morgan fingerprint density at radius 1 is 1.37 bits per heavy atom. The maximum atomic E-state index is 11.6. The molecule has 1 aliphatic rings. The van der Waals surface area contributed by atoms with Crippen LogP contribution >= 0.6 is 0 Å². The van der Waals surface area contributed by atoms with Crippen molar-refractivity contribution >= 4 is 17.6 Å². The van der Waals surface area contributed by atoms with E-state index >= 15 is 0 Å². The molecule has 1 fully saturated rings. The molecule has 6 heteroatoms. The van der Waals surface area contributed by atoms with Crippen molar-refractivity contribution < 1.29 is 14.7 Å². The van der Waals surface area contributed by atoms with Gasteiger partial charge in [-0.1, -0.05) is 0 Å². The number of amides is 1. The minimum atomic E-state index is -0.923. The van der Waals surface area contributed by atoms with Gasteiger partial charge in [-0.15, -0.1) is 0 Å². The van der Waals surface area contributed by atoms with Crippen molar-refractivity contribution in [3.63, 3.8) is 0 Å². The number of carboxylic acids is 1. The van der Waals surface area contributed by atoms with E-state index in [-0.39, 0.29) is 18.9 Å². The SMILES string of the molecule is O=C(O)Cc1ccc(NC(=O)CNCC2CC2)cn1. The summed E-state index contributed by atoms with van der Waals surface area (Å²) in [6.07, 6.45) is 3.86. The molecule has 0 atom stereocenters. The summed E-state index contributed by atoms with van der Waals surface area (Å²) in [4.78, 5) is 26.0. The highest BCUT2D eigenvalue weighted by molar-refractivity contribution is 5.92. The fourth-order valence-electron chi connectivity index (χ4n) is 1.67. The average Bonchev–Trinajstić information content (AvgIpc) is 3.15. The summed E-state index contributed by atoms with van der Waals surface area (Å²) in [7, 11) is 0. The minimum Gasteiger partial charge on any atom is -0.481 e. The number of pyridine rings is 1. The van der Waals surface area contributed by atoms with Crippen molar-refractivity contribution in [2.45, 2.75) is 19.3 Å². The maximum absolute atomic E-state index is 11.6. The maximum Gasteiger partial charge on any atom is 0.309 e. The van der Waals surface area contributed by atoms with Crippen molar-refractivity contribution in [1.82, 2.24) is 10.3 Å². The predicted octanol–water partition coefficient (Wildman–Crippen LogP) is 0.647. The number of rotatable bonds is 7. The largest absolute Gasteiger partial charge is 0.481 e. The second-order valence-electron chi connectivity index (χ2n) is 4.73. The van der Waals surface area contributed by atoms with E-state index in [1.165, 1.54) is 19.0 Å². The van der Waals surface area contributed by atoms with Gasteiger partial charge in [-0.05, 0) is 37.4 Å². The van der Waals surface area contributed by atoms with Crippen LogP contribution in [0.25, 0.3) is 0 Å². The molecule has 19 heavy (non-hydrogen) atoms. The van der Waals surface area contributed by atoms with Gasteiger partial charge in [0, 0.05) is 0 Å². The highest BCUT2D eigenvalue weighted by atomic mass is 16.4. The molecule has 1 aromatic rings. The van der Waals surface area contributed by atoms with Crippen molar-refractivity contribution in [2.24, 2.45) is 5.92 Å². The van der Waals surface area contributed by atoms with E-state index in [9.17, 15) is 9.59 Å². The Bertz CT molecular complexity index is 455. The number of nitrogens with zero attached hydrogens (tertiary/aromatic N) is 1. The van der Waals surface area contributed by atoms with E-state index in [0.29, 0.717) is 11.4 Å². The lowest BCUT2D eigenvalue weighted by Gasteiger charge is -2.06. The molecule has 1 saturated carbocycles. The number of nitrogens with one attached hydrogen (secondary N) is 2. The van der Waals surface area contributed by atoms with Crippen molar-refractivity contribution in [1.29, 1.82) is 0 Å². The first kappa shape index (κ1) is 13.5. The van der Waals surface area contributed by atoms with Crippen LogP contribution in [0.2, 0.25) is 0 Å². The van der Waals surface area contributed by atoms with Gasteiger partial charge in [-0.2, -0.15) is 0 Å². The minimum absolute atomic E-state index is 0.114. The topological polar surface area (TPSA) is 91.3 Å². The van der Waals surface area contributed by atoms with E-state index in [1.807, 2.05) is 0 Å². The van der Waals surface area contributed by atoms with E-state index < -0.39 is 5.97 Å². The van der Waals surface area contributed by atoms with Gasteiger partial charge in [0.2, 0.25) is 5.91 Å². The zero-order valence-corrected chi connectivity index (χ0v) is 10.6. The lowest BCUT2D eigenvalue weighted by atomic mass is 10.2. The Morgan fingerprint density at radius 3 is 2.74 bits per heavy atom. The molecular weight excluding hydrogens is 246 g/mol. The number of hydrogen-bond donors (Lipinski definition) is 3. The second kappa shape index (κ2) is 6.29. The molecule has 0 spiro atoms. The van der Waals surface area contributed by atoms with E-state index in [1.54, 1.807) is 12.1 Å². The molecule has 0 bridgehead atoms. The fourth-order valence-corrected chi connectivity index (χ4v) is 1.67. The van der Waals surface area contributed by atoms with E-state index in [0.717, 1.165) is 12.5 Å². The summed E-state index contributed by atoms with van der Waals surface area (Å²) in [6, 6.07) is 3.26. The quantitative estimate of drug-likeness (QED) is 0.671.